The van der Waals surface area contributed by atoms with Gasteiger partial charge in [-0.05, 0) is 25.7 Å². The molecular weight excluding hydrogens is 206 g/mol. The van der Waals surface area contributed by atoms with Gasteiger partial charge in [0.15, 0.2) is 0 Å². The molecule has 1 N–H and O–H groups in total. The minimum absolute atomic E-state index is 0.0995. The van der Waals surface area contributed by atoms with Crippen LogP contribution in [0.25, 0.3) is 0 Å². The van der Waals surface area contributed by atoms with E-state index in [4.69, 9.17) is 5.11 Å². The number of rotatable bonds is 5. The van der Waals surface area contributed by atoms with E-state index in [1.165, 1.54) is 17.7 Å². The summed E-state index contributed by atoms with van der Waals surface area (Å²) in [4.78, 5) is 23.8. The molecule has 1 fully saturated rings. The summed E-state index contributed by atoms with van der Waals surface area (Å²) in [6.45, 7) is 3.82. The van der Waals surface area contributed by atoms with Gasteiger partial charge in [0, 0.05) is 19.7 Å². The van der Waals surface area contributed by atoms with Crippen molar-refractivity contribution in [3.05, 3.63) is 11.6 Å². The van der Waals surface area contributed by atoms with E-state index in [1.807, 2.05) is 6.92 Å². The molecule has 1 aliphatic rings. The number of aliphatic carboxylic acids is 1. The van der Waals surface area contributed by atoms with Gasteiger partial charge >= 0.3 is 5.97 Å². The van der Waals surface area contributed by atoms with E-state index in [9.17, 15) is 9.59 Å². The first-order valence-electron chi connectivity index (χ1n) is 5.58. The molecule has 1 aliphatic carbocycles. The minimum atomic E-state index is -0.873. The summed E-state index contributed by atoms with van der Waals surface area (Å²) >= 11 is 0. The zero-order valence-corrected chi connectivity index (χ0v) is 10.1. The summed E-state index contributed by atoms with van der Waals surface area (Å²) in [6, 6.07) is 0. The Hall–Kier alpha value is -1.32. The van der Waals surface area contributed by atoms with E-state index in [1.54, 1.807) is 20.0 Å². The fraction of sp³-hybridized carbons (Fsp3) is 0.667. The Labute approximate surface area is 95.9 Å². The zero-order chi connectivity index (χ0) is 12.3. The lowest BCUT2D eigenvalue weighted by molar-refractivity contribution is -0.142. The van der Waals surface area contributed by atoms with Crippen LogP contribution in [0, 0.1) is 11.8 Å². The Kier molecular flexibility index (Phi) is 4.10. The fourth-order valence-corrected chi connectivity index (χ4v) is 1.54. The molecule has 0 aromatic rings. The predicted molar refractivity (Wildman–Crippen MR) is 60.9 cm³/mol. The second-order valence-electron chi connectivity index (χ2n) is 4.62. The van der Waals surface area contributed by atoms with Crippen LogP contribution in [0.2, 0.25) is 0 Å². The SMILES string of the molecule is C/C(=C/C(=O)N(C)CC(C)C(=O)O)C1CC1. The van der Waals surface area contributed by atoms with Gasteiger partial charge in [0.25, 0.3) is 0 Å². The Morgan fingerprint density at radius 3 is 2.50 bits per heavy atom. The molecule has 0 aromatic heterocycles. The van der Waals surface area contributed by atoms with Crippen LogP contribution in [0.15, 0.2) is 11.6 Å². The highest BCUT2D eigenvalue weighted by Crippen LogP contribution is 2.35. The lowest BCUT2D eigenvalue weighted by Crippen LogP contribution is -2.32. The van der Waals surface area contributed by atoms with Crippen LogP contribution in [0.4, 0.5) is 0 Å². The number of hydrogen-bond acceptors (Lipinski definition) is 2. The maximum Gasteiger partial charge on any atom is 0.308 e. The average molecular weight is 225 g/mol. The van der Waals surface area contributed by atoms with Gasteiger partial charge in [0.2, 0.25) is 5.91 Å². The lowest BCUT2D eigenvalue weighted by atomic mass is 10.1. The first kappa shape index (κ1) is 12.7. The van der Waals surface area contributed by atoms with Crippen molar-refractivity contribution in [2.75, 3.05) is 13.6 Å². The number of nitrogens with zero attached hydrogens (tertiary/aromatic N) is 1. The Morgan fingerprint density at radius 1 is 1.50 bits per heavy atom. The first-order valence-corrected chi connectivity index (χ1v) is 5.58. The Morgan fingerprint density at radius 2 is 2.06 bits per heavy atom. The zero-order valence-electron chi connectivity index (χ0n) is 10.1. The van der Waals surface area contributed by atoms with Crippen LogP contribution in [0.5, 0.6) is 0 Å². The fourth-order valence-electron chi connectivity index (χ4n) is 1.54. The maximum atomic E-state index is 11.7. The van der Waals surface area contributed by atoms with E-state index in [2.05, 4.69) is 0 Å². The smallest absolute Gasteiger partial charge is 0.308 e. The second kappa shape index (κ2) is 5.14. The lowest BCUT2D eigenvalue weighted by Gasteiger charge is -2.18. The summed E-state index contributed by atoms with van der Waals surface area (Å²) < 4.78 is 0. The van der Waals surface area contributed by atoms with Crippen LogP contribution in [0.3, 0.4) is 0 Å². The number of likely N-dealkylation sites (N-methyl/N-ethyl adjacent to an activating group) is 1. The molecule has 90 valence electrons. The van der Waals surface area contributed by atoms with Gasteiger partial charge in [-0.15, -0.1) is 0 Å². The third-order valence-corrected chi connectivity index (χ3v) is 2.92. The predicted octanol–water partition coefficient (Wildman–Crippen LogP) is 1.52. The topological polar surface area (TPSA) is 57.6 Å². The molecule has 1 atom stereocenters. The third-order valence-electron chi connectivity index (χ3n) is 2.92. The number of allylic oxidation sites excluding steroid dienone is 1. The highest BCUT2D eigenvalue weighted by Gasteiger charge is 2.24. The highest BCUT2D eigenvalue weighted by atomic mass is 16.4. The van der Waals surface area contributed by atoms with Gasteiger partial charge in [-0.25, -0.2) is 0 Å². The van der Waals surface area contributed by atoms with Crippen LogP contribution >= 0.6 is 0 Å². The molecule has 0 heterocycles. The van der Waals surface area contributed by atoms with Crippen LogP contribution in [0.1, 0.15) is 26.7 Å². The molecular formula is C12H19NO3. The number of carbonyl (C=O) groups is 2. The molecule has 16 heavy (non-hydrogen) atoms. The second-order valence-corrected chi connectivity index (χ2v) is 4.62. The third kappa shape index (κ3) is 3.68. The molecule has 0 aromatic carbocycles. The summed E-state index contributed by atoms with van der Waals surface area (Å²) in [5.74, 6) is -0.919. The Bertz CT molecular complexity index is 318. The monoisotopic (exact) mass is 225 g/mol. The number of carbonyl (C=O) groups excluding carboxylic acids is 1. The van der Waals surface area contributed by atoms with Crippen LogP contribution in [-0.4, -0.2) is 35.5 Å². The van der Waals surface area contributed by atoms with E-state index < -0.39 is 11.9 Å². The number of carboxylic acids is 1. The molecule has 0 spiro atoms. The largest absolute Gasteiger partial charge is 0.481 e. The van der Waals surface area contributed by atoms with Crippen LogP contribution in [-0.2, 0) is 9.59 Å². The van der Waals surface area contributed by atoms with Crippen molar-refractivity contribution in [3.63, 3.8) is 0 Å². The van der Waals surface area contributed by atoms with E-state index in [-0.39, 0.29) is 12.5 Å². The number of hydrogen-bond donors (Lipinski definition) is 1. The van der Waals surface area contributed by atoms with Crippen molar-refractivity contribution in [1.29, 1.82) is 0 Å². The van der Waals surface area contributed by atoms with Gasteiger partial charge in [0.05, 0.1) is 5.92 Å². The quantitative estimate of drug-likeness (QED) is 0.722. The van der Waals surface area contributed by atoms with Gasteiger partial charge in [0.1, 0.15) is 0 Å². The first-order chi connectivity index (χ1) is 7.41. The van der Waals surface area contributed by atoms with Gasteiger partial charge in [-0.3, -0.25) is 9.59 Å². The Balaban J connectivity index is 2.46. The summed E-state index contributed by atoms with van der Waals surface area (Å²) in [5, 5.41) is 8.74. The summed E-state index contributed by atoms with van der Waals surface area (Å²) in [5.41, 5.74) is 1.11. The van der Waals surface area contributed by atoms with E-state index >= 15 is 0 Å². The van der Waals surface area contributed by atoms with Crippen molar-refractivity contribution in [1.82, 2.24) is 4.90 Å². The molecule has 1 unspecified atom stereocenters. The van der Waals surface area contributed by atoms with Gasteiger partial charge in [-0.1, -0.05) is 12.5 Å². The molecule has 1 saturated carbocycles. The maximum absolute atomic E-state index is 11.7. The van der Waals surface area contributed by atoms with Crippen molar-refractivity contribution in [3.8, 4) is 0 Å². The average Bonchev–Trinajstić information content (AvgIpc) is 3.00. The van der Waals surface area contributed by atoms with Crippen molar-refractivity contribution < 1.29 is 14.7 Å². The highest BCUT2D eigenvalue weighted by molar-refractivity contribution is 5.88. The van der Waals surface area contributed by atoms with Crippen LogP contribution < -0.4 is 0 Å². The van der Waals surface area contributed by atoms with E-state index in [0.29, 0.717) is 5.92 Å². The van der Waals surface area contributed by atoms with Crippen molar-refractivity contribution >= 4 is 11.9 Å². The number of carboxylic acid groups (broad SMARTS) is 1. The summed E-state index contributed by atoms with van der Waals surface area (Å²) in [7, 11) is 1.64. The normalized spacial score (nSPS) is 18.1. The molecule has 1 amide bonds. The van der Waals surface area contributed by atoms with Gasteiger partial charge < -0.3 is 10.0 Å². The molecule has 4 nitrogen and oxygen atoms in total. The summed E-state index contributed by atoms with van der Waals surface area (Å²) in [6.07, 6.45) is 3.97. The standard InChI is InChI=1S/C12H19NO3/c1-8(10-4-5-10)6-11(14)13(3)7-9(2)12(15)16/h6,9-10H,4-5,7H2,1-3H3,(H,15,16)/b8-6-. The van der Waals surface area contributed by atoms with Crippen molar-refractivity contribution in [2.24, 2.45) is 11.8 Å². The van der Waals surface area contributed by atoms with E-state index in [0.717, 1.165) is 5.57 Å². The van der Waals surface area contributed by atoms with Gasteiger partial charge in [-0.2, -0.15) is 0 Å². The minimum Gasteiger partial charge on any atom is -0.481 e. The van der Waals surface area contributed by atoms with Crippen molar-refractivity contribution in [2.45, 2.75) is 26.7 Å². The number of amides is 1. The molecule has 0 bridgehead atoms. The molecule has 0 saturated heterocycles. The molecule has 4 heteroatoms. The molecule has 1 rings (SSSR count). The molecule has 0 radical (unpaired) electrons. The molecule has 0 aliphatic heterocycles.